The van der Waals surface area contributed by atoms with Gasteiger partial charge in [0.15, 0.2) is 0 Å². The van der Waals surface area contributed by atoms with Crippen molar-refractivity contribution in [1.82, 2.24) is 0 Å². The normalized spacial score (nSPS) is 18.2. The van der Waals surface area contributed by atoms with Gasteiger partial charge in [0, 0.05) is 22.6 Å². The van der Waals surface area contributed by atoms with Gasteiger partial charge in [-0.05, 0) is 36.1 Å². The number of aliphatic hydroxyl groups is 1. The molecule has 2 aromatic carbocycles. The highest BCUT2D eigenvalue weighted by atomic mass is 32.2. The predicted molar refractivity (Wildman–Crippen MR) is 103 cm³/mol. The van der Waals surface area contributed by atoms with Gasteiger partial charge < -0.3 is 10.8 Å². The highest BCUT2D eigenvalue weighted by molar-refractivity contribution is 8.00. The molecule has 0 spiro atoms. The highest BCUT2D eigenvalue weighted by Crippen LogP contribution is 2.35. The zero-order valence-electron chi connectivity index (χ0n) is 14.1. The summed E-state index contributed by atoms with van der Waals surface area (Å²) in [7, 11) is 0. The molecule has 2 atom stereocenters. The first kappa shape index (κ1) is 17.5. The zero-order chi connectivity index (χ0) is 16.8. The molecule has 128 valence electrons. The topological polar surface area (TPSA) is 46.2 Å². The van der Waals surface area contributed by atoms with Crippen molar-refractivity contribution in [3.8, 4) is 0 Å². The fourth-order valence-corrected chi connectivity index (χ4v) is 4.81. The second-order valence-corrected chi connectivity index (χ2v) is 8.01. The van der Waals surface area contributed by atoms with Crippen LogP contribution in [0.2, 0.25) is 0 Å². The largest absolute Gasteiger partial charge is 0.391 e. The van der Waals surface area contributed by atoms with Gasteiger partial charge in [0.25, 0.3) is 0 Å². The van der Waals surface area contributed by atoms with Crippen LogP contribution in [0.4, 0.5) is 0 Å². The van der Waals surface area contributed by atoms with Crippen molar-refractivity contribution >= 4 is 11.8 Å². The molecule has 3 heteroatoms. The summed E-state index contributed by atoms with van der Waals surface area (Å²) in [6.45, 7) is 0.262. The van der Waals surface area contributed by atoms with E-state index in [1.54, 1.807) is 0 Å². The Balaban J connectivity index is 1.76. The van der Waals surface area contributed by atoms with Crippen LogP contribution in [0.15, 0.2) is 59.5 Å². The molecule has 3 rings (SSSR count). The number of hydrogen-bond acceptors (Lipinski definition) is 3. The van der Waals surface area contributed by atoms with Crippen LogP contribution in [-0.2, 0) is 0 Å². The maximum Gasteiger partial charge on any atom is 0.0771 e. The number of rotatable bonds is 6. The minimum absolute atomic E-state index is 0.0649. The van der Waals surface area contributed by atoms with E-state index in [-0.39, 0.29) is 12.5 Å². The molecule has 1 saturated carbocycles. The number of aliphatic hydroxyl groups excluding tert-OH is 1. The first-order valence-electron chi connectivity index (χ1n) is 8.97. The Morgan fingerprint density at radius 2 is 1.54 bits per heavy atom. The van der Waals surface area contributed by atoms with Crippen molar-refractivity contribution in [3.63, 3.8) is 0 Å². The molecule has 0 heterocycles. The molecule has 1 fully saturated rings. The molecule has 0 radical (unpaired) electrons. The van der Waals surface area contributed by atoms with E-state index in [4.69, 9.17) is 5.73 Å². The second kappa shape index (κ2) is 8.70. The number of benzene rings is 2. The molecule has 1 aliphatic carbocycles. The Bertz CT molecular complexity index is 607. The summed E-state index contributed by atoms with van der Waals surface area (Å²) in [6.07, 6.45) is 6.24. The molecule has 24 heavy (non-hydrogen) atoms. The molecule has 0 amide bonds. The van der Waals surface area contributed by atoms with Crippen LogP contribution < -0.4 is 5.73 Å². The minimum Gasteiger partial charge on any atom is -0.391 e. The number of thioether (sulfide) groups is 1. The lowest BCUT2D eigenvalue weighted by Crippen LogP contribution is -2.28. The average molecular weight is 342 g/mol. The molecule has 0 saturated heterocycles. The van der Waals surface area contributed by atoms with E-state index < -0.39 is 6.10 Å². The van der Waals surface area contributed by atoms with Gasteiger partial charge >= 0.3 is 0 Å². The molecule has 0 bridgehead atoms. The first-order valence-corrected chi connectivity index (χ1v) is 9.85. The van der Waals surface area contributed by atoms with Gasteiger partial charge in [-0.15, -0.1) is 11.8 Å². The number of nitrogens with two attached hydrogens (primary N) is 1. The van der Waals surface area contributed by atoms with Gasteiger partial charge in [-0.2, -0.15) is 0 Å². The monoisotopic (exact) mass is 341 g/mol. The van der Waals surface area contributed by atoms with E-state index in [9.17, 15) is 5.11 Å². The SMILES string of the molecule is NCC(O)C(c1ccccc1)c1ccc(SC2CCCCC2)cc1. The van der Waals surface area contributed by atoms with Gasteiger partial charge in [-0.3, -0.25) is 0 Å². The zero-order valence-corrected chi connectivity index (χ0v) is 14.9. The van der Waals surface area contributed by atoms with E-state index in [0.29, 0.717) is 0 Å². The molecule has 0 aliphatic heterocycles. The highest BCUT2D eigenvalue weighted by Gasteiger charge is 2.22. The van der Waals surface area contributed by atoms with Gasteiger partial charge in [0.1, 0.15) is 0 Å². The van der Waals surface area contributed by atoms with Crippen LogP contribution in [0, 0.1) is 0 Å². The van der Waals surface area contributed by atoms with E-state index in [1.165, 1.54) is 37.0 Å². The predicted octanol–water partition coefficient (Wildman–Crippen LogP) is 4.56. The Morgan fingerprint density at radius 3 is 2.17 bits per heavy atom. The van der Waals surface area contributed by atoms with Gasteiger partial charge in [0.05, 0.1) is 6.10 Å². The Hall–Kier alpha value is -1.29. The summed E-state index contributed by atoms with van der Waals surface area (Å²) in [4.78, 5) is 1.33. The first-order chi connectivity index (χ1) is 11.8. The molecule has 0 aromatic heterocycles. The Morgan fingerprint density at radius 1 is 0.917 bits per heavy atom. The molecule has 2 unspecified atom stereocenters. The van der Waals surface area contributed by atoms with Crippen LogP contribution in [0.25, 0.3) is 0 Å². The van der Waals surface area contributed by atoms with Gasteiger partial charge in [0.2, 0.25) is 0 Å². The Labute approximate surface area is 149 Å². The lowest BCUT2D eigenvalue weighted by atomic mass is 9.86. The maximum absolute atomic E-state index is 10.4. The maximum atomic E-state index is 10.4. The van der Waals surface area contributed by atoms with Crippen molar-refractivity contribution in [2.75, 3.05) is 6.54 Å². The van der Waals surface area contributed by atoms with Gasteiger partial charge in [-0.1, -0.05) is 61.7 Å². The summed E-state index contributed by atoms with van der Waals surface area (Å²) in [5, 5.41) is 11.2. The van der Waals surface area contributed by atoms with Crippen molar-refractivity contribution in [2.45, 2.75) is 54.3 Å². The van der Waals surface area contributed by atoms with Crippen LogP contribution in [0.5, 0.6) is 0 Å². The van der Waals surface area contributed by atoms with E-state index in [1.807, 2.05) is 30.0 Å². The van der Waals surface area contributed by atoms with Crippen molar-refractivity contribution in [2.24, 2.45) is 5.73 Å². The minimum atomic E-state index is -0.566. The molecule has 3 N–H and O–H groups in total. The average Bonchev–Trinajstić information content (AvgIpc) is 2.65. The summed E-state index contributed by atoms with van der Waals surface area (Å²) in [5.74, 6) is -0.0649. The molecule has 1 aliphatic rings. The van der Waals surface area contributed by atoms with Crippen molar-refractivity contribution in [3.05, 3.63) is 65.7 Å². The third kappa shape index (κ3) is 4.41. The summed E-state index contributed by atoms with van der Waals surface area (Å²) in [5.41, 5.74) is 7.99. The van der Waals surface area contributed by atoms with Crippen LogP contribution >= 0.6 is 11.8 Å². The molecular weight excluding hydrogens is 314 g/mol. The Kier molecular flexibility index (Phi) is 6.36. The fraction of sp³-hybridized carbons (Fsp3) is 0.429. The van der Waals surface area contributed by atoms with Crippen LogP contribution in [0.1, 0.15) is 49.1 Å². The fourth-order valence-electron chi connectivity index (χ4n) is 3.56. The quantitative estimate of drug-likeness (QED) is 0.809. The van der Waals surface area contributed by atoms with Crippen molar-refractivity contribution in [1.29, 1.82) is 0 Å². The molecule has 2 nitrogen and oxygen atoms in total. The molecular formula is C21H27NOS. The van der Waals surface area contributed by atoms with Gasteiger partial charge in [-0.25, -0.2) is 0 Å². The second-order valence-electron chi connectivity index (χ2n) is 6.64. The smallest absolute Gasteiger partial charge is 0.0771 e. The summed E-state index contributed by atoms with van der Waals surface area (Å²) in [6, 6.07) is 18.9. The molecule has 2 aromatic rings. The van der Waals surface area contributed by atoms with E-state index >= 15 is 0 Å². The summed E-state index contributed by atoms with van der Waals surface area (Å²) < 4.78 is 0. The van der Waals surface area contributed by atoms with Crippen molar-refractivity contribution < 1.29 is 5.11 Å². The van der Waals surface area contributed by atoms with Crippen LogP contribution in [0.3, 0.4) is 0 Å². The van der Waals surface area contributed by atoms with Crippen LogP contribution in [-0.4, -0.2) is 23.0 Å². The van der Waals surface area contributed by atoms with E-state index in [2.05, 4.69) is 36.4 Å². The third-order valence-corrected chi connectivity index (χ3v) is 6.23. The summed E-state index contributed by atoms with van der Waals surface area (Å²) >= 11 is 2.01. The number of hydrogen-bond donors (Lipinski definition) is 2. The van der Waals surface area contributed by atoms with E-state index in [0.717, 1.165) is 16.4 Å². The third-order valence-electron chi connectivity index (χ3n) is 4.88. The standard InChI is InChI=1S/C21H27NOS/c22-15-20(23)21(16-7-3-1-4-8-16)17-11-13-19(14-12-17)24-18-9-5-2-6-10-18/h1,3-4,7-8,11-14,18,20-21,23H,2,5-6,9-10,15,22H2. The lowest BCUT2D eigenvalue weighted by Gasteiger charge is -2.24. The lowest BCUT2D eigenvalue weighted by molar-refractivity contribution is 0.164.